The van der Waals surface area contributed by atoms with E-state index in [9.17, 15) is 0 Å². The molecule has 2 atom stereocenters. The van der Waals surface area contributed by atoms with Gasteiger partial charge < -0.3 is 10.5 Å². The van der Waals surface area contributed by atoms with Gasteiger partial charge in [-0.05, 0) is 30.2 Å². The number of ether oxygens (including phenoxy) is 1. The summed E-state index contributed by atoms with van der Waals surface area (Å²) in [6, 6.07) is 6.15. The molecule has 2 N–H and O–H groups in total. The molecule has 2 unspecified atom stereocenters. The SMILES string of the molecule is CCC(C)CN(CC)C(CN)c1ccc(OC)c(Cl)c1. The molecule has 0 aromatic heterocycles. The molecular weight excluding hydrogens is 272 g/mol. The number of nitrogens with zero attached hydrogens (tertiary/aromatic N) is 1. The van der Waals surface area contributed by atoms with Gasteiger partial charge in [0, 0.05) is 19.1 Å². The van der Waals surface area contributed by atoms with Crippen LogP contribution in [0.5, 0.6) is 5.75 Å². The van der Waals surface area contributed by atoms with Gasteiger partial charge in [0.15, 0.2) is 0 Å². The maximum atomic E-state index is 6.23. The average Bonchev–Trinajstić information content (AvgIpc) is 2.46. The van der Waals surface area contributed by atoms with E-state index >= 15 is 0 Å². The summed E-state index contributed by atoms with van der Waals surface area (Å²) < 4.78 is 5.21. The maximum Gasteiger partial charge on any atom is 0.137 e. The van der Waals surface area contributed by atoms with Crippen LogP contribution in [0.1, 0.15) is 38.8 Å². The van der Waals surface area contributed by atoms with Gasteiger partial charge in [0.2, 0.25) is 0 Å². The molecule has 0 spiro atoms. The van der Waals surface area contributed by atoms with E-state index in [1.165, 1.54) is 6.42 Å². The molecule has 4 heteroatoms. The number of rotatable bonds is 8. The molecule has 1 aromatic rings. The van der Waals surface area contributed by atoms with Crippen LogP contribution in [0.2, 0.25) is 5.02 Å². The van der Waals surface area contributed by atoms with Crippen LogP contribution in [0, 0.1) is 5.92 Å². The third-order valence-corrected chi connectivity index (χ3v) is 4.17. The molecular formula is C16H27ClN2O. The van der Waals surface area contributed by atoms with Gasteiger partial charge in [-0.3, -0.25) is 4.90 Å². The van der Waals surface area contributed by atoms with E-state index in [1.54, 1.807) is 7.11 Å². The lowest BCUT2D eigenvalue weighted by atomic mass is 10.0. The summed E-state index contributed by atoms with van der Waals surface area (Å²) in [4.78, 5) is 2.42. The summed E-state index contributed by atoms with van der Waals surface area (Å²) >= 11 is 6.23. The number of methoxy groups -OCH3 is 1. The first-order valence-electron chi connectivity index (χ1n) is 7.34. The second kappa shape index (κ2) is 8.50. The fourth-order valence-corrected chi connectivity index (χ4v) is 2.66. The molecule has 1 aromatic carbocycles. The van der Waals surface area contributed by atoms with E-state index in [0.29, 0.717) is 23.2 Å². The smallest absolute Gasteiger partial charge is 0.137 e. The Kier molecular flexibility index (Phi) is 7.35. The van der Waals surface area contributed by atoms with Gasteiger partial charge in [0.1, 0.15) is 5.75 Å². The zero-order valence-electron chi connectivity index (χ0n) is 13.0. The number of nitrogens with two attached hydrogens (primary N) is 1. The summed E-state index contributed by atoms with van der Waals surface area (Å²) in [5.74, 6) is 1.37. The van der Waals surface area contributed by atoms with Crippen molar-refractivity contribution in [2.45, 2.75) is 33.2 Å². The predicted molar refractivity (Wildman–Crippen MR) is 86.5 cm³/mol. The van der Waals surface area contributed by atoms with Crippen molar-refractivity contribution in [3.05, 3.63) is 28.8 Å². The number of benzene rings is 1. The Morgan fingerprint density at radius 1 is 1.35 bits per heavy atom. The van der Waals surface area contributed by atoms with Crippen molar-refractivity contribution in [1.82, 2.24) is 4.90 Å². The molecule has 0 bridgehead atoms. The molecule has 0 aliphatic heterocycles. The molecule has 0 aliphatic carbocycles. The first kappa shape index (κ1) is 17.3. The van der Waals surface area contributed by atoms with Crippen molar-refractivity contribution in [1.29, 1.82) is 0 Å². The molecule has 20 heavy (non-hydrogen) atoms. The Morgan fingerprint density at radius 2 is 2.05 bits per heavy atom. The lowest BCUT2D eigenvalue weighted by Gasteiger charge is -2.32. The molecule has 3 nitrogen and oxygen atoms in total. The van der Waals surface area contributed by atoms with Crippen molar-refractivity contribution in [3.8, 4) is 5.75 Å². The minimum absolute atomic E-state index is 0.206. The van der Waals surface area contributed by atoms with Gasteiger partial charge in [-0.25, -0.2) is 0 Å². The Morgan fingerprint density at radius 3 is 2.50 bits per heavy atom. The van der Waals surface area contributed by atoms with Crippen LogP contribution in [0.25, 0.3) is 0 Å². The van der Waals surface area contributed by atoms with Crippen LogP contribution in [0.4, 0.5) is 0 Å². The number of hydrogen-bond donors (Lipinski definition) is 1. The normalized spacial score (nSPS) is 14.3. The van der Waals surface area contributed by atoms with E-state index in [2.05, 4.69) is 31.7 Å². The van der Waals surface area contributed by atoms with E-state index in [-0.39, 0.29) is 6.04 Å². The van der Waals surface area contributed by atoms with Crippen molar-refractivity contribution in [2.24, 2.45) is 11.7 Å². The first-order chi connectivity index (χ1) is 9.57. The third kappa shape index (κ3) is 4.37. The number of halogens is 1. The van der Waals surface area contributed by atoms with Crippen LogP contribution < -0.4 is 10.5 Å². The Hall–Kier alpha value is -0.770. The van der Waals surface area contributed by atoms with Crippen molar-refractivity contribution >= 4 is 11.6 Å². The molecule has 0 aliphatic rings. The lowest BCUT2D eigenvalue weighted by Crippen LogP contribution is -2.36. The van der Waals surface area contributed by atoms with E-state index in [1.807, 2.05) is 12.1 Å². The maximum absolute atomic E-state index is 6.23. The quantitative estimate of drug-likeness (QED) is 0.795. The minimum atomic E-state index is 0.206. The van der Waals surface area contributed by atoms with Crippen molar-refractivity contribution in [2.75, 3.05) is 26.7 Å². The summed E-state index contributed by atoms with van der Waals surface area (Å²) in [5.41, 5.74) is 7.16. The van der Waals surface area contributed by atoms with Crippen LogP contribution in [-0.4, -0.2) is 31.6 Å². The van der Waals surface area contributed by atoms with Crippen LogP contribution >= 0.6 is 11.6 Å². The largest absolute Gasteiger partial charge is 0.495 e. The molecule has 1 rings (SSSR count). The molecule has 0 saturated carbocycles. The molecule has 114 valence electrons. The topological polar surface area (TPSA) is 38.5 Å². The summed E-state index contributed by atoms with van der Waals surface area (Å²) in [6.45, 7) is 9.30. The fraction of sp³-hybridized carbons (Fsp3) is 0.625. The highest BCUT2D eigenvalue weighted by Crippen LogP contribution is 2.30. The highest BCUT2D eigenvalue weighted by atomic mass is 35.5. The van der Waals surface area contributed by atoms with Gasteiger partial charge in [-0.2, -0.15) is 0 Å². The van der Waals surface area contributed by atoms with Gasteiger partial charge in [0.25, 0.3) is 0 Å². The summed E-state index contributed by atoms with van der Waals surface area (Å²) in [6.07, 6.45) is 1.18. The van der Waals surface area contributed by atoms with Gasteiger partial charge in [-0.15, -0.1) is 0 Å². The zero-order chi connectivity index (χ0) is 15.1. The van der Waals surface area contributed by atoms with Gasteiger partial charge >= 0.3 is 0 Å². The van der Waals surface area contributed by atoms with E-state index in [0.717, 1.165) is 18.7 Å². The molecule has 0 amide bonds. The van der Waals surface area contributed by atoms with E-state index < -0.39 is 0 Å². The standard InChI is InChI=1S/C16H27ClN2O/c1-5-12(3)11-19(6-2)15(10-18)13-7-8-16(20-4)14(17)9-13/h7-9,12,15H,5-6,10-11,18H2,1-4H3. The van der Waals surface area contributed by atoms with Crippen LogP contribution in [0.3, 0.4) is 0 Å². The monoisotopic (exact) mass is 298 g/mol. The van der Waals surface area contributed by atoms with E-state index in [4.69, 9.17) is 22.1 Å². The second-order valence-corrected chi connectivity index (χ2v) is 5.65. The average molecular weight is 299 g/mol. The highest BCUT2D eigenvalue weighted by molar-refractivity contribution is 6.32. The number of likely N-dealkylation sites (N-methyl/N-ethyl adjacent to an activating group) is 1. The zero-order valence-corrected chi connectivity index (χ0v) is 13.8. The van der Waals surface area contributed by atoms with Gasteiger partial charge in [-0.1, -0.05) is 44.9 Å². The third-order valence-electron chi connectivity index (χ3n) is 3.87. The van der Waals surface area contributed by atoms with Crippen molar-refractivity contribution < 1.29 is 4.74 Å². The molecule has 0 saturated heterocycles. The van der Waals surface area contributed by atoms with Crippen LogP contribution in [0.15, 0.2) is 18.2 Å². The molecule has 0 radical (unpaired) electrons. The lowest BCUT2D eigenvalue weighted by molar-refractivity contribution is 0.182. The number of hydrogen-bond acceptors (Lipinski definition) is 3. The first-order valence-corrected chi connectivity index (χ1v) is 7.72. The highest BCUT2D eigenvalue weighted by Gasteiger charge is 2.20. The summed E-state index contributed by atoms with van der Waals surface area (Å²) in [7, 11) is 1.63. The van der Waals surface area contributed by atoms with Gasteiger partial charge in [0.05, 0.1) is 12.1 Å². The van der Waals surface area contributed by atoms with Crippen molar-refractivity contribution in [3.63, 3.8) is 0 Å². The predicted octanol–water partition coefficient (Wildman–Crippen LogP) is 3.72. The Bertz CT molecular complexity index is 411. The molecule has 0 fully saturated rings. The minimum Gasteiger partial charge on any atom is -0.495 e. The second-order valence-electron chi connectivity index (χ2n) is 5.25. The fourth-order valence-electron chi connectivity index (χ4n) is 2.39. The molecule has 0 heterocycles. The summed E-state index contributed by atoms with van der Waals surface area (Å²) in [5, 5.41) is 0.642. The Labute approximate surface area is 128 Å². The van der Waals surface area contributed by atoms with Crippen LogP contribution in [-0.2, 0) is 0 Å². The Balaban J connectivity index is 2.95.